The molecule has 2 N–H and O–H groups in total. The number of urea groups is 1. The average molecular weight is 276 g/mol. The fourth-order valence-electron chi connectivity index (χ4n) is 2.34. The summed E-state index contributed by atoms with van der Waals surface area (Å²) in [5.74, 6) is -0.709. The van der Waals surface area contributed by atoms with E-state index in [9.17, 15) is 9.59 Å². The third-order valence-corrected chi connectivity index (χ3v) is 3.70. The van der Waals surface area contributed by atoms with E-state index in [4.69, 9.17) is 5.11 Å². The minimum Gasteiger partial charge on any atom is -0.480 e. The molecule has 1 aliphatic heterocycles. The van der Waals surface area contributed by atoms with Crippen LogP contribution in [0.3, 0.4) is 0 Å². The van der Waals surface area contributed by atoms with Crippen LogP contribution in [0.4, 0.5) is 4.79 Å². The second-order valence-corrected chi connectivity index (χ2v) is 5.70. The van der Waals surface area contributed by atoms with Gasteiger partial charge in [-0.2, -0.15) is 0 Å². The Kier molecular flexibility index (Phi) is 3.97. The number of hydrogen-bond donors (Lipinski definition) is 2. The van der Waals surface area contributed by atoms with Gasteiger partial charge in [-0.25, -0.2) is 9.59 Å². The van der Waals surface area contributed by atoms with E-state index in [1.54, 1.807) is 4.90 Å². The fraction of sp³-hybridized carbons (Fsp3) is 0.467. The highest BCUT2D eigenvalue weighted by Gasteiger charge is 2.33. The number of benzene rings is 1. The zero-order valence-electron chi connectivity index (χ0n) is 11.8. The van der Waals surface area contributed by atoms with Gasteiger partial charge in [0, 0.05) is 19.0 Å². The molecule has 5 heteroatoms. The summed E-state index contributed by atoms with van der Waals surface area (Å²) in [7, 11) is 0. The first-order valence-electron chi connectivity index (χ1n) is 6.75. The van der Waals surface area contributed by atoms with Gasteiger partial charge in [-0.3, -0.25) is 0 Å². The number of nitrogens with one attached hydrogen (secondary N) is 1. The Bertz CT molecular complexity index is 499. The molecule has 5 nitrogen and oxygen atoms in total. The molecule has 1 saturated heterocycles. The Morgan fingerprint density at radius 1 is 1.30 bits per heavy atom. The smallest absolute Gasteiger partial charge is 0.328 e. The first kappa shape index (κ1) is 14.4. The van der Waals surface area contributed by atoms with Gasteiger partial charge in [-0.1, -0.05) is 30.3 Å². The van der Waals surface area contributed by atoms with Crippen LogP contribution in [-0.4, -0.2) is 40.6 Å². The Labute approximate surface area is 118 Å². The summed E-state index contributed by atoms with van der Waals surface area (Å²) in [6.45, 7) is 4.25. The third-order valence-electron chi connectivity index (χ3n) is 3.70. The average Bonchev–Trinajstić information content (AvgIpc) is 2.88. The van der Waals surface area contributed by atoms with Gasteiger partial charge in [0.2, 0.25) is 0 Å². The van der Waals surface area contributed by atoms with Gasteiger partial charge >= 0.3 is 12.0 Å². The molecular formula is C15H20N2O3. The quantitative estimate of drug-likeness (QED) is 0.887. The standard InChI is InChI=1S/C15H20N2O3/c1-15(2,13(18)19)16-14(20)17-9-8-12(10-17)11-6-4-3-5-7-11/h3-7,12H,8-10H2,1-2H3,(H,16,20)(H,18,19). The van der Waals surface area contributed by atoms with Crippen LogP contribution in [0.25, 0.3) is 0 Å². The van der Waals surface area contributed by atoms with E-state index in [0.29, 0.717) is 19.0 Å². The second kappa shape index (κ2) is 5.53. The predicted molar refractivity (Wildman–Crippen MR) is 75.6 cm³/mol. The molecule has 1 atom stereocenters. The molecule has 20 heavy (non-hydrogen) atoms. The highest BCUT2D eigenvalue weighted by atomic mass is 16.4. The van der Waals surface area contributed by atoms with Crippen molar-refractivity contribution < 1.29 is 14.7 Å². The summed E-state index contributed by atoms with van der Waals surface area (Å²) in [6.07, 6.45) is 0.908. The summed E-state index contributed by atoms with van der Waals surface area (Å²) in [6, 6.07) is 9.77. The molecular weight excluding hydrogens is 256 g/mol. The molecule has 108 valence electrons. The maximum atomic E-state index is 12.1. The maximum absolute atomic E-state index is 12.1. The van der Waals surface area contributed by atoms with Crippen molar-refractivity contribution in [3.63, 3.8) is 0 Å². The summed E-state index contributed by atoms with van der Waals surface area (Å²) < 4.78 is 0. The summed E-state index contributed by atoms with van der Waals surface area (Å²) in [5, 5.41) is 11.6. The van der Waals surface area contributed by atoms with Crippen LogP contribution < -0.4 is 5.32 Å². The minimum atomic E-state index is -1.25. The molecule has 0 saturated carbocycles. The SMILES string of the molecule is CC(C)(NC(=O)N1CCC(c2ccccc2)C1)C(=O)O. The lowest BCUT2D eigenvalue weighted by atomic mass is 9.99. The van der Waals surface area contributed by atoms with Crippen LogP contribution in [0.2, 0.25) is 0 Å². The molecule has 1 aromatic rings. The summed E-state index contributed by atoms with van der Waals surface area (Å²) in [5.41, 5.74) is -0.0256. The van der Waals surface area contributed by atoms with Crippen molar-refractivity contribution >= 4 is 12.0 Å². The number of hydrogen-bond acceptors (Lipinski definition) is 2. The molecule has 1 aliphatic rings. The number of aliphatic carboxylic acids is 1. The molecule has 1 unspecified atom stereocenters. The fourth-order valence-corrected chi connectivity index (χ4v) is 2.34. The highest BCUT2D eigenvalue weighted by molar-refractivity contribution is 5.85. The molecule has 2 amide bonds. The van der Waals surface area contributed by atoms with E-state index < -0.39 is 11.5 Å². The van der Waals surface area contributed by atoms with E-state index in [1.807, 2.05) is 18.2 Å². The normalized spacial score (nSPS) is 18.9. The lowest BCUT2D eigenvalue weighted by molar-refractivity contribution is -0.143. The maximum Gasteiger partial charge on any atom is 0.328 e. The van der Waals surface area contributed by atoms with Gasteiger partial charge in [0.05, 0.1) is 0 Å². The number of carboxylic acid groups (broad SMARTS) is 1. The van der Waals surface area contributed by atoms with Gasteiger partial charge in [0.25, 0.3) is 0 Å². The van der Waals surface area contributed by atoms with Gasteiger partial charge < -0.3 is 15.3 Å². The van der Waals surface area contributed by atoms with Crippen molar-refractivity contribution in [3.05, 3.63) is 35.9 Å². The van der Waals surface area contributed by atoms with E-state index in [2.05, 4.69) is 17.4 Å². The Balaban J connectivity index is 1.96. The molecule has 1 heterocycles. The monoisotopic (exact) mass is 276 g/mol. The zero-order valence-corrected chi connectivity index (χ0v) is 11.8. The van der Waals surface area contributed by atoms with Crippen LogP contribution in [-0.2, 0) is 4.79 Å². The van der Waals surface area contributed by atoms with Gasteiger partial charge in [0.15, 0.2) is 0 Å². The number of carbonyl (C=O) groups excluding carboxylic acids is 1. The van der Waals surface area contributed by atoms with E-state index in [1.165, 1.54) is 19.4 Å². The van der Waals surface area contributed by atoms with Crippen molar-refractivity contribution in [2.24, 2.45) is 0 Å². The third kappa shape index (κ3) is 3.10. The minimum absolute atomic E-state index is 0.309. The molecule has 0 aromatic heterocycles. The van der Waals surface area contributed by atoms with Gasteiger partial charge in [-0.15, -0.1) is 0 Å². The van der Waals surface area contributed by atoms with Crippen molar-refractivity contribution in [1.29, 1.82) is 0 Å². The number of rotatable bonds is 3. The van der Waals surface area contributed by atoms with Crippen LogP contribution in [0.15, 0.2) is 30.3 Å². The zero-order chi connectivity index (χ0) is 14.8. The van der Waals surface area contributed by atoms with Gasteiger partial charge in [-0.05, 0) is 25.8 Å². The molecule has 0 radical (unpaired) electrons. The molecule has 0 spiro atoms. The lowest BCUT2D eigenvalue weighted by Crippen LogP contribution is -2.53. The molecule has 0 aliphatic carbocycles. The Hall–Kier alpha value is -2.04. The second-order valence-electron chi connectivity index (χ2n) is 5.70. The van der Waals surface area contributed by atoms with Crippen molar-refractivity contribution in [2.75, 3.05) is 13.1 Å². The van der Waals surface area contributed by atoms with E-state index in [-0.39, 0.29) is 6.03 Å². The first-order valence-corrected chi connectivity index (χ1v) is 6.75. The first-order chi connectivity index (χ1) is 9.40. The molecule has 1 aromatic carbocycles. The topological polar surface area (TPSA) is 69.6 Å². The lowest BCUT2D eigenvalue weighted by Gasteiger charge is -2.25. The van der Waals surface area contributed by atoms with Crippen molar-refractivity contribution in [1.82, 2.24) is 10.2 Å². The molecule has 2 rings (SSSR count). The number of likely N-dealkylation sites (tertiary alicyclic amines) is 1. The van der Waals surface area contributed by atoms with E-state index in [0.717, 1.165) is 6.42 Å². The van der Waals surface area contributed by atoms with Crippen LogP contribution >= 0.6 is 0 Å². The predicted octanol–water partition coefficient (Wildman–Crippen LogP) is 2.05. The number of carboxylic acids is 1. The number of amides is 2. The van der Waals surface area contributed by atoms with Crippen LogP contribution in [0.5, 0.6) is 0 Å². The Morgan fingerprint density at radius 3 is 2.55 bits per heavy atom. The summed E-state index contributed by atoms with van der Waals surface area (Å²) >= 11 is 0. The molecule has 1 fully saturated rings. The number of nitrogens with zero attached hydrogens (tertiary/aromatic N) is 1. The van der Waals surface area contributed by atoms with Crippen LogP contribution in [0.1, 0.15) is 31.7 Å². The van der Waals surface area contributed by atoms with Gasteiger partial charge in [0.1, 0.15) is 5.54 Å². The van der Waals surface area contributed by atoms with E-state index >= 15 is 0 Å². The summed E-state index contributed by atoms with van der Waals surface area (Å²) in [4.78, 5) is 24.8. The largest absolute Gasteiger partial charge is 0.480 e. The highest BCUT2D eigenvalue weighted by Crippen LogP contribution is 2.27. The number of carbonyl (C=O) groups is 2. The molecule has 0 bridgehead atoms. The van der Waals surface area contributed by atoms with Crippen molar-refractivity contribution in [2.45, 2.75) is 31.7 Å². The Morgan fingerprint density at radius 2 is 1.95 bits per heavy atom. The van der Waals surface area contributed by atoms with Crippen molar-refractivity contribution in [3.8, 4) is 0 Å². The van der Waals surface area contributed by atoms with Crippen LogP contribution in [0, 0.1) is 0 Å².